The number of hydrogen-bond acceptors (Lipinski definition) is 6. The van der Waals surface area contributed by atoms with Gasteiger partial charge in [0.05, 0.1) is 5.60 Å². The van der Waals surface area contributed by atoms with Gasteiger partial charge in [-0.05, 0) is 18.2 Å². The van der Waals surface area contributed by atoms with Crippen LogP contribution in [0.15, 0.2) is 22.6 Å². The van der Waals surface area contributed by atoms with Gasteiger partial charge in [0.2, 0.25) is 0 Å². The van der Waals surface area contributed by atoms with Crippen LogP contribution in [0.4, 0.5) is 11.7 Å². The molecule has 0 bridgehead atoms. The van der Waals surface area contributed by atoms with Gasteiger partial charge < -0.3 is 25.3 Å². The topological polar surface area (TPSA) is 93.5 Å². The number of nitrogens with zero attached hydrogens (tertiary/aromatic N) is 1. The molecule has 0 unspecified atom stereocenters. The Hall–Kier alpha value is -1.79. The van der Waals surface area contributed by atoms with Gasteiger partial charge in [0.25, 0.3) is 6.01 Å². The molecule has 2 heterocycles. The number of ether oxygens (including phenoxy) is 1. The van der Waals surface area contributed by atoms with Crippen LogP contribution in [-0.2, 0) is 4.74 Å². The number of fused-ring (bicyclic) bond motifs is 1. The molecule has 0 radical (unpaired) electrons. The fourth-order valence-corrected chi connectivity index (χ4v) is 2.19. The van der Waals surface area contributed by atoms with Crippen molar-refractivity contribution in [3.8, 4) is 0 Å². The number of hydrogen-bond donors (Lipinski definition) is 3. The predicted molar refractivity (Wildman–Crippen MR) is 71.9 cm³/mol. The minimum atomic E-state index is -0.752. The number of aromatic nitrogens is 1. The summed E-state index contributed by atoms with van der Waals surface area (Å²) in [5.74, 6) is 0. The standard InChI is InChI=1S/C13H17N3O3/c14-9-1-2-11-10(7-9)16-12(19-11)15-8-13(17)3-5-18-6-4-13/h1-2,7,17H,3-6,8,14H2,(H,15,16). The number of nitrogen functional groups attached to an aromatic ring is 1. The highest BCUT2D eigenvalue weighted by Crippen LogP contribution is 2.24. The zero-order valence-electron chi connectivity index (χ0n) is 10.6. The van der Waals surface area contributed by atoms with E-state index in [1.165, 1.54) is 0 Å². The number of oxazole rings is 1. The van der Waals surface area contributed by atoms with Crippen molar-refractivity contribution in [3.05, 3.63) is 18.2 Å². The van der Waals surface area contributed by atoms with Gasteiger partial charge in [-0.15, -0.1) is 0 Å². The maximum absolute atomic E-state index is 10.3. The third-order valence-corrected chi connectivity index (χ3v) is 3.40. The summed E-state index contributed by atoms with van der Waals surface area (Å²) in [6, 6.07) is 5.71. The largest absolute Gasteiger partial charge is 0.424 e. The summed E-state index contributed by atoms with van der Waals surface area (Å²) in [6.45, 7) is 1.57. The average Bonchev–Trinajstić information content (AvgIpc) is 2.79. The summed E-state index contributed by atoms with van der Waals surface area (Å²) >= 11 is 0. The molecule has 0 aliphatic carbocycles. The van der Waals surface area contributed by atoms with Crippen LogP contribution >= 0.6 is 0 Å². The second kappa shape index (κ2) is 4.71. The molecule has 6 heteroatoms. The van der Waals surface area contributed by atoms with Gasteiger partial charge in [0, 0.05) is 38.3 Å². The van der Waals surface area contributed by atoms with Gasteiger partial charge in [0.1, 0.15) is 5.52 Å². The molecular weight excluding hydrogens is 246 g/mol. The van der Waals surface area contributed by atoms with E-state index in [1.807, 2.05) is 0 Å². The molecule has 1 aromatic heterocycles. The second-order valence-corrected chi connectivity index (χ2v) is 4.94. The van der Waals surface area contributed by atoms with Crippen molar-refractivity contribution in [3.63, 3.8) is 0 Å². The fraction of sp³-hybridized carbons (Fsp3) is 0.462. The highest BCUT2D eigenvalue weighted by atomic mass is 16.5. The highest BCUT2D eigenvalue weighted by Gasteiger charge is 2.29. The van der Waals surface area contributed by atoms with Crippen LogP contribution in [0, 0.1) is 0 Å². The average molecular weight is 263 g/mol. The van der Waals surface area contributed by atoms with Gasteiger partial charge in [-0.3, -0.25) is 0 Å². The van der Waals surface area contributed by atoms with Crippen LogP contribution in [0.1, 0.15) is 12.8 Å². The molecule has 0 amide bonds. The first kappa shape index (κ1) is 12.3. The van der Waals surface area contributed by atoms with E-state index < -0.39 is 5.60 Å². The van der Waals surface area contributed by atoms with Crippen molar-refractivity contribution in [2.45, 2.75) is 18.4 Å². The summed E-state index contributed by atoms with van der Waals surface area (Å²) < 4.78 is 10.8. The number of nitrogens with one attached hydrogen (secondary N) is 1. The molecule has 1 saturated heterocycles. The van der Waals surface area contributed by atoms with Crippen molar-refractivity contribution in [2.24, 2.45) is 0 Å². The van der Waals surface area contributed by atoms with E-state index in [-0.39, 0.29) is 0 Å². The second-order valence-electron chi connectivity index (χ2n) is 4.94. The quantitative estimate of drug-likeness (QED) is 0.724. The van der Waals surface area contributed by atoms with Crippen molar-refractivity contribution >= 4 is 22.8 Å². The van der Waals surface area contributed by atoms with Crippen molar-refractivity contribution in [1.29, 1.82) is 0 Å². The summed E-state index contributed by atoms with van der Waals surface area (Å²) in [4.78, 5) is 4.29. The molecule has 0 saturated carbocycles. The van der Waals surface area contributed by atoms with Gasteiger partial charge in [0.15, 0.2) is 5.58 Å². The lowest BCUT2D eigenvalue weighted by atomic mass is 9.94. The molecule has 0 spiro atoms. The van der Waals surface area contributed by atoms with Gasteiger partial charge in [-0.1, -0.05) is 0 Å². The molecule has 2 aromatic rings. The van der Waals surface area contributed by atoms with E-state index in [4.69, 9.17) is 14.9 Å². The minimum absolute atomic E-state index is 0.401. The third kappa shape index (κ3) is 2.64. The molecule has 1 fully saturated rings. The lowest BCUT2D eigenvalue weighted by molar-refractivity contribution is -0.0545. The lowest BCUT2D eigenvalue weighted by Crippen LogP contribution is -2.42. The van der Waals surface area contributed by atoms with E-state index in [9.17, 15) is 5.11 Å². The molecule has 3 rings (SSSR count). The van der Waals surface area contributed by atoms with Crippen molar-refractivity contribution < 1.29 is 14.3 Å². The first-order chi connectivity index (χ1) is 9.15. The van der Waals surface area contributed by atoms with Crippen LogP contribution in [0.25, 0.3) is 11.1 Å². The van der Waals surface area contributed by atoms with Crippen LogP contribution in [-0.4, -0.2) is 35.5 Å². The van der Waals surface area contributed by atoms with Crippen LogP contribution in [0.3, 0.4) is 0 Å². The first-order valence-corrected chi connectivity index (χ1v) is 6.35. The molecule has 1 aliphatic heterocycles. The number of nitrogens with two attached hydrogens (primary N) is 1. The number of benzene rings is 1. The number of anilines is 2. The van der Waals surface area contributed by atoms with Gasteiger partial charge in [-0.2, -0.15) is 4.98 Å². The molecule has 4 N–H and O–H groups in total. The van der Waals surface area contributed by atoms with Gasteiger partial charge >= 0.3 is 0 Å². The van der Waals surface area contributed by atoms with E-state index in [1.54, 1.807) is 18.2 Å². The Morgan fingerprint density at radius 3 is 2.95 bits per heavy atom. The summed E-state index contributed by atoms with van der Waals surface area (Å²) in [7, 11) is 0. The van der Waals surface area contributed by atoms with Crippen LogP contribution in [0.2, 0.25) is 0 Å². The molecule has 0 atom stereocenters. The smallest absolute Gasteiger partial charge is 0.295 e. The Morgan fingerprint density at radius 1 is 1.37 bits per heavy atom. The van der Waals surface area contributed by atoms with Crippen LogP contribution < -0.4 is 11.1 Å². The normalized spacial score (nSPS) is 18.6. The predicted octanol–water partition coefficient (Wildman–Crippen LogP) is 1.36. The number of aliphatic hydroxyl groups is 1. The summed E-state index contributed by atoms with van der Waals surface area (Å²) in [5, 5.41) is 13.4. The fourth-order valence-electron chi connectivity index (χ4n) is 2.19. The SMILES string of the molecule is Nc1ccc2oc(NCC3(O)CCOCC3)nc2c1. The number of rotatable bonds is 3. The maximum atomic E-state index is 10.3. The molecule has 1 aromatic carbocycles. The first-order valence-electron chi connectivity index (χ1n) is 6.35. The van der Waals surface area contributed by atoms with Crippen molar-refractivity contribution in [2.75, 3.05) is 30.8 Å². The summed E-state index contributed by atoms with van der Waals surface area (Å²) in [5.41, 5.74) is 6.97. The van der Waals surface area contributed by atoms with Crippen LogP contribution in [0.5, 0.6) is 0 Å². The maximum Gasteiger partial charge on any atom is 0.295 e. The van der Waals surface area contributed by atoms with Gasteiger partial charge in [-0.25, -0.2) is 0 Å². The monoisotopic (exact) mass is 263 g/mol. The summed E-state index contributed by atoms with van der Waals surface area (Å²) in [6.07, 6.45) is 1.24. The van der Waals surface area contributed by atoms with Crippen molar-refractivity contribution in [1.82, 2.24) is 4.98 Å². The highest BCUT2D eigenvalue weighted by molar-refractivity contribution is 5.78. The molecule has 19 heavy (non-hydrogen) atoms. The molecule has 102 valence electrons. The zero-order chi connectivity index (χ0) is 13.3. The lowest BCUT2D eigenvalue weighted by Gasteiger charge is -2.31. The van der Waals surface area contributed by atoms with E-state index in [0.717, 1.165) is 0 Å². The van der Waals surface area contributed by atoms with E-state index in [0.29, 0.717) is 55.4 Å². The van der Waals surface area contributed by atoms with E-state index in [2.05, 4.69) is 10.3 Å². The Bertz CT molecular complexity index is 576. The minimum Gasteiger partial charge on any atom is -0.424 e. The molecule has 6 nitrogen and oxygen atoms in total. The molecular formula is C13H17N3O3. The Balaban J connectivity index is 1.71. The Morgan fingerprint density at radius 2 is 2.16 bits per heavy atom. The molecule has 1 aliphatic rings. The third-order valence-electron chi connectivity index (χ3n) is 3.40. The van der Waals surface area contributed by atoms with E-state index >= 15 is 0 Å². The Kier molecular flexibility index (Phi) is 3.04. The zero-order valence-corrected chi connectivity index (χ0v) is 10.6. The Labute approximate surface area is 110 Å².